The van der Waals surface area contributed by atoms with Gasteiger partial charge in [-0.3, -0.25) is 9.36 Å². The molecule has 1 heterocycles. The van der Waals surface area contributed by atoms with E-state index in [1.54, 1.807) is 41.9 Å². The average molecular weight is 487 g/mol. The summed E-state index contributed by atoms with van der Waals surface area (Å²) in [7, 11) is 3.13. The number of benzene rings is 3. The van der Waals surface area contributed by atoms with E-state index in [1.165, 1.54) is 0 Å². The van der Waals surface area contributed by atoms with Crippen LogP contribution in [0.5, 0.6) is 5.75 Å². The molecule has 0 spiro atoms. The molecule has 4 aromatic rings. The van der Waals surface area contributed by atoms with Crippen molar-refractivity contribution in [1.29, 1.82) is 0 Å². The zero-order valence-corrected chi connectivity index (χ0v) is 20.9. The fourth-order valence-electron chi connectivity index (χ4n) is 4.18. The molecule has 0 radical (unpaired) electrons. The summed E-state index contributed by atoms with van der Waals surface area (Å²) in [6.45, 7) is 4.43. The first kappa shape index (κ1) is 24.9. The predicted molar refractivity (Wildman–Crippen MR) is 141 cm³/mol. The standard InChI is InChI=1S/C28H30N4O4/c1-19-10-9-11-21(18-19)32-26(29-23-13-6-5-12-22(23)27(32)33)20(2)31(16-17-35-3)28(34)30-24-14-7-8-15-25(24)36-4/h5-15,18,20H,16-17H2,1-4H3,(H,30,34). The minimum absolute atomic E-state index is 0.190. The summed E-state index contributed by atoms with van der Waals surface area (Å²) in [6.07, 6.45) is 0. The van der Waals surface area contributed by atoms with Gasteiger partial charge in [-0.25, -0.2) is 9.78 Å². The number of fused-ring (bicyclic) bond motifs is 1. The topological polar surface area (TPSA) is 85.7 Å². The molecule has 0 bridgehead atoms. The number of carbonyl (C=O) groups excluding carboxylic acids is 1. The van der Waals surface area contributed by atoms with Gasteiger partial charge in [-0.1, -0.05) is 36.4 Å². The van der Waals surface area contributed by atoms with E-state index < -0.39 is 6.04 Å². The zero-order valence-electron chi connectivity index (χ0n) is 20.9. The Balaban J connectivity index is 1.83. The van der Waals surface area contributed by atoms with E-state index >= 15 is 0 Å². The normalized spacial score (nSPS) is 11.8. The maximum Gasteiger partial charge on any atom is 0.322 e. The molecule has 0 saturated heterocycles. The molecule has 1 N–H and O–H groups in total. The highest BCUT2D eigenvalue weighted by Crippen LogP contribution is 2.27. The number of rotatable bonds is 8. The quantitative estimate of drug-likeness (QED) is 0.381. The van der Waals surface area contributed by atoms with E-state index in [4.69, 9.17) is 14.5 Å². The molecule has 0 fully saturated rings. The van der Waals surface area contributed by atoms with Gasteiger partial charge in [0.15, 0.2) is 0 Å². The van der Waals surface area contributed by atoms with Crippen molar-refractivity contribution in [3.63, 3.8) is 0 Å². The number of nitrogens with one attached hydrogen (secondary N) is 1. The number of para-hydroxylation sites is 3. The molecule has 8 heteroatoms. The van der Waals surface area contributed by atoms with Gasteiger partial charge in [0.1, 0.15) is 11.6 Å². The molecule has 3 aromatic carbocycles. The maximum atomic E-state index is 13.7. The van der Waals surface area contributed by atoms with Crippen molar-refractivity contribution >= 4 is 22.6 Å². The third-order valence-corrected chi connectivity index (χ3v) is 6.05. The number of ether oxygens (including phenoxy) is 2. The lowest BCUT2D eigenvalue weighted by atomic mass is 10.1. The smallest absolute Gasteiger partial charge is 0.322 e. The second-order valence-corrected chi connectivity index (χ2v) is 8.46. The van der Waals surface area contributed by atoms with Crippen molar-refractivity contribution in [2.24, 2.45) is 0 Å². The van der Waals surface area contributed by atoms with E-state index in [-0.39, 0.29) is 18.1 Å². The van der Waals surface area contributed by atoms with Crippen LogP contribution in [0.4, 0.5) is 10.5 Å². The summed E-state index contributed by atoms with van der Waals surface area (Å²) in [4.78, 5) is 33.7. The van der Waals surface area contributed by atoms with Crippen LogP contribution in [0, 0.1) is 6.92 Å². The van der Waals surface area contributed by atoms with Gasteiger partial charge in [0, 0.05) is 13.7 Å². The molecule has 186 valence electrons. The van der Waals surface area contributed by atoms with Crippen molar-refractivity contribution in [2.45, 2.75) is 19.9 Å². The molecule has 0 saturated carbocycles. The summed E-state index contributed by atoms with van der Waals surface area (Å²) in [5.41, 5.74) is 2.63. The van der Waals surface area contributed by atoms with Gasteiger partial charge in [-0.05, 0) is 55.8 Å². The Morgan fingerprint density at radius 3 is 2.56 bits per heavy atom. The van der Waals surface area contributed by atoms with Crippen molar-refractivity contribution in [2.75, 3.05) is 32.7 Å². The SMILES string of the molecule is COCCN(C(=O)Nc1ccccc1OC)C(C)c1nc2ccccc2c(=O)n1-c1cccc(C)c1. The molecule has 0 aliphatic heterocycles. The zero-order chi connectivity index (χ0) is 25.7. The lowest BCUT2D eigenvalue weighted by molar-refractivity contribution is 0.137. The Hall–Kier alpha value is -4.17. The Morgan fingerprint density at radius 1 is 1.06 bits per heavy atom. The monoisotopic (exact) mass is 486 g/mol. The molecular weight excluding hydrogens is 456 g/mol. The number of amides is 2. The third kappa shape index (κ3) is 5.08. The minimum Gasteiger partial charge on any atom is -0.495 e. The van der Waals surface area contributed by atoms with Crippen molar-refractivity contribution < 1.29 is 14.3 Å². The number of hydrogen-bond acceptors (Lipinski definition) is 5. The fourth-order valence-corrected chi connectivity index (χ4v) is 4.18. The molecule has 2 amide bonds. The van der Waals surface area contributed by atoms with Gasteiger partial charge in [0.2, 0.25) is 0 Å². The van der Waals surface area contributed by atoms with E-state index in [1.807, 2.05) is 68.4 Å². The van der Waals surface area contributed by atoms with Crippen LogP contribution in [-0.2, 0) is 4.74 Å². The number of hydrogen-bond donors (Lipinski definition) is 1. The molecule has 1 unspecified atom stereocenters. The number of aryl methyl sites for hydroxylation is 1. The summed E-state index contributed by atoms with van der Waals surface area (Å²) < 4.78 is 12.3. The predicted octanol–water partition coefficient (Wildman–Crippen LogP) is 4.94. The lowest BCUT2D eigenvalue weighted by Gasteiger charge is -2.30. The summed E-state index contributed by atoms with van der Waals surface area (Å²) in [6, 6.07) is 21.2. The van der Waals surface area contributed by atoms with Gasteiger partial charge >= 0.3 is 6.03 Å². The lowest BCUT2D eigenvalue weighted by Crippen LogP contribution is -2.41. The van der Waals surface area contributed by atoms with E-state index in [0.29, 0.717) is 40.5 Å². The largest absolute Gasteiger partial charge is 0.495 e. The number of carbonyl (C=O) groups is 1. The van der Waals surface area contributed by atoms with Gasteiger partial charge in [-0.15, -0.1) is 0 Å². The molecular formula is C28H30N4O4. The number of urea groups is 1. The van der Waals surface area contributed by atoms with Gasteiger partial charge in [0.25, 0.3) is 5.56 Å². The van der Waals surface area contributed by atoms with Gasteiger partial charge in [0.05, 0.1) is 42.0 Å². The first-order valence-corrected chi connectivity index (χ1v) is 11.7. The molecule has 36 heavy (non-hydrogen) atoms. The molecule has 0 aliphatic rings. The number of aromatic nitrogens is 2. The van der Waals surface area contributed by atoms with Crippen LogP contribution < -0.4 is 15.6 Å². The average Bonchev–Trinajstić information content (AvgIpc) is 2.89. The van der Waals surface area contributed by atoms with Crippen molar-refractivity contribution in [1.82, 2.24) is 14.5 Å². The summed E-state index contributed by atoms with van der Waals surface area (Å²) in [5.74, 6) is 1.00. The molecule has 0 aliphatic carbocycles. The summed E-state index contributed by atoms with van der Waals surface area (Å²) >= 11 is 0. The highest BCUT2D eigenvalue weighted by atomic mass is 16.5. The maximum absolute atomic E-state index is 13.7. The molecule has 4 rings (SSSR count). The van der Waals surface area contributed by atoms with E-state index in [9.17, 15) is 9.59 Å². The second kappa shape index (κ2) is 11.0. The second-order valence-electron chi connectivity index (χ2n) is 8.46. The van der Waals surface area contributed by atoms with Crippen LogP contribution >= 0.6 is 0 Å². The highest BCUT2D eigenvalue weighted by molar-refractivity contribution is 5.91. The van der Waals surface area contributed by atoms with Gasteiger partial charge in [-0.2, -0.15) is 0 Å². The van der Waals surface area contributed by atoms with Crippen LogP contribution in [0.1, 0.15) is 24.4 Å². The third-order valence-electron chi connectivity index (χ3n) is 6.05. The van der Waals surface area contributed by atoms with Crippen molar-refractivity contribution in [3.05, 3.63) is 94.5 Å². The number of anilines is 1. The molecule has 1 atom stereocenters. The Morgan fingerprint density at radius 2 is 1.81 bits per heavy atom. The van der Waals surface area contributed by atoms with Crippen LogP contribution in [0.3, 0.4) is 0 Å². The Bertz CT molecular complexity index is 1430. The number of methoxy groups -OCH3 is 2. The first-order chi connectivity index (χ1) is 17.4. The van der Waals surface area contributed by atoms with Crippen molar-refractivity contribution in [3.8, 4) is 11.4 Å². The molecule has 8 nitrogen and oxygen atoms in total. The fraction of sp³-hybridized carbons (Fsp3) is 0.250. The summed E-state index contributed by atoms with van der Waals surface area (Å²) in [5, 5.41) is 3.44. The minimum atomic E-state index is -0.562. The number of nitrogens with zero attached hydrogens (tertiary/aromatic N) is 3. The van der Waals surface area contributed by atoms with Crippen LogP contribution in [-0.4, -0.2) is 47.9 Å². The van der Waals surface area contributed by atoms with Gasteiger partial charge < -0.3 is 19.7 Å². The molecule has 1 aromatic heterocycles. The van der Waals surface area contributed by atoms with Crippen LogP contribution in [0.15, 0.2) is 77.6 Å². The van der Waals surface area contributed by atoms with E-state index in [2.05, 4.69) is 5.32 Å². The highest BCUT2D eigenvalue weighted by Gasteiger charge is 2.27. The van der Waals surface area contributed by atoms with E-state index in [0.717, 1.165) is 5.56 Å². The van der Waals surface area contributed by atoms with Crippen LogP contribution in [0.2, 0.25) is 0 Å². The Labute approximate surface area is 210 Å². The first-order valence-electron chi connectivity index (χ1n) is 11.7. The Kier molecular flexibility index (Phi) is 7.65. The van der Waals surface area contributed by atoms with Crippen LogP contribution in [0.25, 0.3) is 16.6 Å².